The molecule has 1 heterocycles. The van der Waals surface area contributed by atoms with Crippen molar-refractivity contribution in [3.05, 3.63) is 22.8 Å². The Morgan fingerprint density at radius 3 is 2.68 bits per heavy atom. The number of carbonyl (C=O) groups excluding carboxylic acids is 1. The summed E-state index contributed by atoms with van der Waals surface area (Å²) in [6, 6.07) is 0. The Labute approximate surface area is 130 Å². The molecular formula is C12H14F3NO4S2. The number of fused-ring (bicyclic) bond motifs is 1. The van der Waals surface area contributed by atoms with Gasteiger partial charge in [-0.3, -0.25) is 4.79 Å². The van der Waals surface area contributed by atoms with Crippen LogP contribution in [0.15, 0.2) is 22.8 Å². The van der Waals surface area contributed by atoms with Crippen LogP contribution >= 0.6 is 11.8 Å². The van der Waals surface area contributed by atoms with Crippen molar-refractivity contribution in [2.45, 2.75) is 25.1 Å². The molecule has 1 aliphatic heterocycles. The second-order valence-corrected chi connectivity index (χ2v) is 8.55. The standard InChI is InChI=1S/C12H14F3NO4S2/c1-7(6-22(2,18)19)11-16(20-12(13,14)15)9-4-3-8(17)5-10(9)21-11/h4-5,7,11H,3,6H2,1-2H3. The van der Waals surface area contributed by atoms with Crippen LogP contribution in [-0.4, -0.2) is 43.0 Å². The van der Waals surface area contributed by atoms with Gasteiger partial charge in [-0.05, 0) is 12.2 Å². The van der Waals surface area contributed by atoms with Crippen molar-refractivity contribution in [1.82, 2.24) is 5.06 Å². The number of hydrogen-bond donors (Lipinski definition) is 0. The number of sulfone groups is 1. The highest BCUT2D eigenvalue weighted by atomic mass is 32.2. The van der Waals surface area contributed by atoms with Crippen LogP contribution in [0.25, 0.3) is 0 Å². The normalized spacial score (nSPS) is 24.0. The molecule has 0 N–H and O–H groups in total. The zero-order chi connectivity index (χ0) is 16.7. The number of rotatable bonds is 4. The summed E-state index contributed by atoms with van der Waals surface area (Å²) in [5.74, 6) is -1.11. The summed E-state index contributed by atoms with van der Waals surface area (Å²) in [5, 5.41) is -0.210. The zero-order valence-corrected chi connectivity index (χ0v) is 13.4. The monoisotopic (exact) mass is 357 g/mol. The number of thioether (sulfide) groups is 1. The van der Waals surface area contributed by atoms with Gasteiger partial charge in [0.05, 0.1) is 11.4 Å². The molecule has 124 valence electrons. The maximum absolute atomic E-state index is 12.6. The first kappa shape index (κ1) is 17.4. The number of alkyl halides is 3. The molecule has 0 amide bonds. The lowest BCUT2D eigenvalue weighted by Gasteiger charge is -2.29. The van der Waals surface area contributed by atoms with Crippen LogP contribution in [0.5, 0.6) is 0 Å². The second-order valence-electron chi connectivity index (χ2n) is 5.21. The molecular weight excluding hydrogens is 343 g/mol. The number of ketones is 1. The van der Waals surface area contributed by atoms with Crippen LogP contribution < -0.4 is 0 Å². The predicted molar refractivity (Wildman–Crippen MR) is 75.0 cm³/mol. The first-order valence-electron chi connectivity index (χ1n) is 6.31. The van der Waals surface area contributed by atoms with Gasteiger partial charge in [0.2, 0.25) is 0 Å². The molecule has 1 saturated heterocycles. The lowest BCUT2D eigenvalue weighted by molar-refractivity contribution is -0.407. The molecule has 1 fully saturated rings. The molecule has 2 atom stereocenters. The number of hydrogen-bond acceptors (Lipinski definition) is 6. The van der Waals surface area contributed by atoms with E-state index in [1.807, 2.05) is 0 Å². The van der Waals surface area contributed by atoms with E-state index in [4.69, 9.17) is 0 Å². The van der Waals surface area contributed by atoms with E-state index in [1.54, 1.807) is 0 Å². The first-order valence-corrected chi connectivity index (χ1v) is 9.25. The van der Waals surface area contributed by atoms with E-state index >= 15 is 0 Å². The Balaban J connectivity index is 2.30. The number of carbonyl (C=O) groups is 1. The second kappa shape index (κ2) is 5.89. The van der Waals surface area contributed by atoms with Crippen LogP contribution in [0.1, 0.15) is 13.3 Å². The highest BCUT2D eigenvalue weighted by Crippen LogP contribution is 2.48. The average molecular weight is 357 g/mol. The Morgan fingerprint density at radius 2 is 2.14 bits per heavy atom. The smallest absolute Gasteiger partial charge is 0.294 e. The van der Waals surface area contributed by atoms with Crippen molar-refractivity contribution in [2.75, 3.05) is 12.0 Å². The molecule has 2 rings (SSSR count). The maximum atomic E-state index is 12.6. The van der Waals surface area contributed by atoms with Gasteiger partial charge in [0.15, 0.2) is 5.78 Å². The number of halogens is 3. The van der Waals surface area contributed by atoms with E-state index < -0.39 is 27.5 Å². The predicted octanol–water partition coefficient (Wildman–Crippen LogP) is 2.23. The molecule has 0 aromatic carbocycles. The summed E-state index contributed by atoms with van der Waals surface area (Å²) >= 11 is 1.00. The number of nitrogens with zero attached hydrogens (tertiary/aromatic N) is 1. The number of hydroxylamine groups is 2. The van der Waals surface area contributed by atoms with E-state index in [0.29, 0.717) is 9.97 Å². The molecule has 1 aliphatic carbocycles. The minimum atomic E-state index is -4.90. The highest BCUT2D eigenvalue weighted by Gasteiger charge is 2.45. The first-order chi connectivity index (χ1) is 9.96. The molecule has 0 radical (unpaired) electrons. The third-order valence-electron chi connectivity index (χ3n) is 3.01. The maximum Gasteiger partial charge on any atom is 0.544 e. The van der Waals surface area contributed by atoms with Crippen molar-refractivity contribution < 1.29 is 31.2 Å². The Bertz CT molecular complexity index is 639. The fraction of sp³-hybridized carbons (Fsp3) is 0.583. The van der Waals surface area contributed by atoms with Crippen molar-refractivity contribution in [2.24, 2.45) is 5.92 Å². The van der Waals surface area contributed by atoms with Crippen LogP contribution in [0, 0.1) is 5.92 Å². The summed E-state index contributed by atoms with van der Waals surface area (Å²) in [6.45, 7) is 1.53. The van der Waals surface area contributed by atoms with Gasteiger partial charge in [-0.25, -0.2) is 13.5 Å². The van der Waals surface area contributed by atoms with Crippen LogP contribution in [0.4, 0.5) is 13.2 Å². The molecule has 2 aliphatic rings. The lowest BCUT2D eigenvalue weighted by atomic mass is 10.1. The summed E-state index contributed by atoms with van der Waals surface area (Å²) in [6.07, 6.45) is -1.26. The summed E-state index contributed by atoms with van der Waals surface area (Å²) in [5.41, 5.74) is 0.160. The zero-order valence-electron chi connectivity index (χ0n) is 11.8. The van der Waals surface area contributed by atoms with E-state index in [0.717, 1.165) is 18.0 Å². The summed E-state index contributed by atoms with van der Waals surface area (Å²) in [4.78, 5) is 15.8. The Kier molecular flexibility index (Phi) is 4.65. The van der Waals surface area contributed by atoms with Crippen molar-refractivity contribution in [1.29, 1.82) is 0 Å². The topological polar surface area (TPSA) is 63.7 Å². The van der Waals surface area contributed by atoms with E-state index in [2.05, 4.69) is 4.84 Å². The van der Waals surface area contributed by atoms with E-state index in [-0.39, 0.29) is 23.7 Å². The van der Waals surface area contributed by atoms with Crippen LogP contribution in [-0.2, 0) is 19.5 Å². The molecule has 0 saturated carbocycles. The minimum absolute atomic E-state index is 0.00964. The summed E-state index contributed by atoms with van der Waals surface area (Å²) < 4.78 is 60.6. The fourth-order valence-electron chi connectivity index (χ4n) is 2.30. The van der Waals surface area contributed by atoms with Gasteiger partial charge in [0, 0.05) is 23.5 Å². The molecule has 0 spiro atoms. The van der Waals surface area contributed by atoms with Crippen LogP contribution in [0.3, 0.4) is 0 Å². The van der Waals surface area contributed by atoms with Gasteiger partial charge in [-0.15, -0.1) is 13.2 Å². The number of allylic oxidation sites excluding steroid dienone is 2. The molecule has 2 unspecified atom stereocenters. The Hall–Kier alpha value is -1.00. The third-order valence-corrected chi connectivity index (χ3v) is 5.62. The van der Waals surface area contributed by atoms with Gasteiger partial charge in [-0.2, -0.15) is 4.84 Å². The fourth-order valence-corrected chi connectivity index (χ4v) is 4.90. The van der Waals surface area contributed by atoms with E-state index in [9.17, 15) is 26.4 Å². The Morgan fingerprint density at radius 1 is 1.50 bits per heavy atom. The van der Waals surface area contributed by atoms with Crippen LogP contribution in [0.2, 0.25) is 0 Å². The largest absolute Gasteiger partial charge is 0.544 e. The lowest BCUT2D eigenvalue weighted by Crippen LogP contribution is -2.39. The molecule has 5 nitrogen and oxygen atoms in total. The highest BCUT2D eigenvalue weighted by molar-refractivity contribution is 8.04. The third kappa shape index (κ3) is 4.26. The SMILES string of the molecule is CC(CS(C)(=O)=O)C1SC2=CC(=O)CC=C2N1OC(F)(F)F. The quantitative estimate of drug-likeness (QED) is 0.769. The molecule has 10 heteroatoms. The van der Waals surface area contributed by atoms with Crippen molar-refractivity contribution in [3.8, 4) is 0 Å². The van der Waals surface area contributed by atoms with Crippen molar-refractivity contribution >= 4 is 27.4 Å². The van der Waals surface area contributed by atoms with Gasteiger partial charge >= 0.3 is 6.36 Å². The molecule has 22 heavy (non-hydrogen) atoms. The minimum Gasteiger partial charge on any atom is -0.294 e. The van der Waals surface area contributed by atoms with Gasteiger partial charge in [0.25, 0.3) is 0 Å². The van der Waals surface area contributed by atoms with Gasteiger partial charge in [0.1, 0.15) is 15.2 Å². The van der Waals surface area contributed by atoms with E-state index in [1.165, 1.54) is 19.1 Å². The molecule has 0 bridgehead atoms. The average Bonchev–Trinajstić information content (AvgIpc) is 2.63. The van der Waals surface area contributed by atoms with Crippen molar-refractivity contribution in [3.63, 3.8) is 0 Å². The summed E-state index contributed by atoms with van der Waals surface area (Å²) in [7, 11) is -3.35. The molecule has 0 aromatic heterocycles. The van der Waals surface area contributed by atoms with Gasteiger partial charge in [-0.1, -0.05) is 18.7 Å². The molecule has 0 aromatic rings. The van der Waals surface area contributed by atoms with Gasteiger partial charge < -0.3 is 0 Å².